The summed E-state index contributed by atoms with van der Waals surface area (Å²) in [5, 5.41) is 2.90. The van der Waals surface area contributed by atoms with Crippen LogP contribution in [-0.2, 0) is 7.05 Å². The van der Waals surface area contributed by atoms with Crippen molar-refractivity contribution in [1.82, 2.24) is 4.57 Å². The molecule has 0 bridgehead atoms. The van der Waals surface area contributed by atoms with Gasteiger partial charge in [-0.2, -0.15) is 0 Å². The predicted octanol–water partition coefficient (Wildman–Crippen LogP) is 4.38. The van der Waals surface area contributed by atoms with Gasteiger partial charge in [0.2, 0.25) is 0 Å². The van der Waals surface area contributed by atoms with Crippen LogP contribution < -0.4 is 10.1 Å². The number of hydrogen-bond acceptors (Lipinski definition) is 2. The van der Waals surface area contributed by atoms with Gasteiger partial charge in [0.15, 0.2) is 0 Å². The van der Waals surface area contributed by atoms with Crippen LogP contribution in [0.2, 0.25) is 0 Å². The smallest absolute Gasteiger partial charge is 0.272 e. The summed E-state index contributed by atoms with van der Waals surface area (Å²) in [6, 6.07) is 20.6. The van der Waals surface area contributed by atoms with Crippen molar-refractivity contribution in [3.05, 3.63) is 78.1 Å². The topological polar surface area (TPSA) is 43.3 Å². The fourth-order valence-corrected chi connectivity index (χ4v) is 2.30. The lowest BCUT2D eigenvalue weighted by Crippen LogP contribution is -2.15. The number of ether oxygens (including phenoxy) is 1. The largest absolute Gasteiger partial charge is 0.457 e. The maximum Gasteiger partial charge on any atom is 0.272 e. The summed E-state index contributed by atoms with van der Waals surface area (Å²) >= 11 is 0. The number of aryl methyl sites for hydroxylation is 1. The summed E-state index contributed by atoms with van der Waals surface area (Å²) in [7, 11) is 1.87. The summed E-state index contributed by atoms with van der Waals surface area (Å²) < 4.78 is 7.64. The number of carbonyl (C=O) groups excluding carboxylic acids is 1. The minimum absolute atomic E-state index is 0.141. The standard InChI is InChI=1S/C19H18N2O2/c1-14-11-12-18(21(14)2)19(22)20-15-7-6-10-17(13-15)23-16-8-4-3-5-9-16/h3-13H,1-2H3,(H,20,22). The van der Waals surface area contributed by atoms with Gasteiger partial charge in [0.1, 0.15) is 17.2 Å². The molecule has 0 fully saturated rings. The predicted molar refractivity (Wildman–Crippen MR) is 91.1 cm³/mol. The molecule has 0 aliphatic rings. The number of para-hydroxylation sites is 1. The fraction of sp³-hybridized carbons (Fsp3) is 0.105. The number of nitrogens with zero attached hydrogens (tertiary/aromatic N) is 1. The Morgan fingerprint density at radius 1 is 0.957 bits per heavy atom. The van der Waals surface area contributed by atoms with Crippen LogP contribution in [0.5, 0.6) is 11.5 Å². The van der Waals surface area contributed by atoms with E-state index in [0.717, 1.165) is 11.4 Å². The number of carbonyl (C=O) groups is 1. The normalized spacial score (nSPS) is 10.3. The Morgan fingerprint density at radius 2 is 1.70 bits per heavy atom. The van der Waals surface area contributed by atoms with Gasteiger partial charge in [0.25, 0.3) is 5.91 Å². The van der Waals surface area contributed by atoms with Crippen molar-refractivity contribution in [3.8, 4) is 11.5 Å². The molecule has 0 saturated carbocycles. The van der Waals surface area contributed by atoms with Crippen LogP contribution in [0.15, 0.2) is 66.7 Å². The quantitative estimate of drug-likeness (QED) is 0.777. The minimum Gasteiger partial charge on any atom is -0.457 e. The summed E-state index contributed by atoms with van der Waals surface area (Å²) in [6.07, 6.45) is 0. The summed E-state index contributed by atoms with van der Waals surface area (Å²) in [6.45, 7) is 1.96. The molecule has 0 saturated heterocycles. The highest BCUT2D eigenvalue weighted by molar-refractivity contribution is 6.03. The van der Waals surface area contributed by atoms with Crippen LogP contribution in [0.1, 0.15) is 16.2 Å². The van der Waals surface area contributed by atoms with E-state index in [2.05, 4.69) is 5.32 Å². The molecule has 3 rings (SSSR count). The molecule has 1 heterocycles. The van der Waals surface area contributed by atoms with Crippen LogP contribution >= 0.6 is 0 Å². The van der Waals surface area contributed by atoms with Crippen LogP contribution in [-0.4, -0.2) is 10.5 Å². The molecule has 1 amide bonds. The van der Waals surface area contributed by atoms with Crippen LogP contribution in [0.25, 0.3) is 0 Å². The van der Waals surface area contributed by atoms with Gasteiger partial charge >= 0.3 is 0 Å². The molecule has 4 heteroatoms. The van der Waals surface area contributed by atoms with Gasteiger partial charge in [-0.25, -0.2) is 0 Å². The molecule has 1 aromatic heterocycles. The van der Waals surface area contributed by atoms with E-state index in [1.54, 1.807) is 6.07 Å². The third kappa shape index (κ3) is 3.43. The fourth-order valence-electron chi connectivity index (χ4n) is 2.30. The Kier molecular flexibility index (Phi) is 4.15. The molecule has 23 heavy (non-hydrogen) atoms. The van der Waals surface area contributed by atoms with Crippen molar-refractivity contribution in [2.75, 3.05) is 5.32 Å². The molecule has 0 unspecified atom stereocenters. The maximum atomic E-state index is 12.3. The van der Waals surface area contributed by atoms with E-state index in [9.17, 15) is 4.79 Å². The van der Waals surface area contributed by atoms with Crippen molar-refractivity contribution >= 4 is 11.6 Å². The van der Waals surface area contributed by atoms with Crippen LogP contribution in [0.3, 0.4) is 0 Å². The van der Waals surface area contributed by atoms with Crippen molar-refractivity contribution in [3.63, 3.8) is 0 Å². The first-order valence-corrected chi connectivity index (χ1v) is 7.40. The van der Waals surface area contributed by atoms with Gasteiger partial charge in [0, 0.05) is 24.5 Å². The number of amides is 1. The lowest BCUT2D eigenvalue weighted by molar-refractivity contribution is 0.101. The average Bonchev–Trinajstić information content (AvgIpc) is 2.88. The molecule has 0 aliphatic carbocycles. The number of nitrogens with one attached hydrogen (secondary N) is 1. The Hall–Kier alpha value is -3.01. The number of hydrogen-bond donors (Lipinski definition) is 1. The summed E-state index contributed by atoms with van der Waals surface area (Å²) in [5.74, 6) is 1.29. The number of aromatic nitrogens is 1. The first-order chi connectivity index (χ1) is 11.1. The molecule has 1 N–H and O–H groups in total. The molecular formula is C19H18N2O2. The van der Waals surface area contributed by atoms with Crippen molar-refractivity contribution in [2.45, 2.75) is 6.92 Å². The highest BCUT2D eigenvalue weighted by Gasteiger charge is 2.11. The Morgan fingerprint density at radius 3 is 2.39 bits per heavy atom. The van der Waals surface area contributed by atoms with E-state index in [-0.39, 0.29) is 5.91 Å². The van der Waals surface area contributed by atoms with Gasteiger partial charge in [-0.1, -0.05) is 24.3 Å². The molecule has 0 aliphatic heterocycles. The van der Waals surface area contributed by atoms with Crippen molar-refractivity contribution in [1.29, 1.82) is 0 Å². The summed E-state index contributed by atoms with van der Waals surface area (Å²) in [5.41, 5.74) is 2.36. The molecule has 0 radical (unpaired) electrons. The lowest BCUT2D eigenvalue weighted by atomic mass is 10.3. The van der Waals surface area contributed by atoms with Gasteiger partial charge in [-0.15, -0.1) is 0 Å². The molecule has 3 aromatic rings. The zero-order chi connectivity index (χ0) is 16.2. The second kappa shape index (κ2) is 6.40. The average molecular weight is 306 g/mol. The number of anilines is 1. The van der Waals surface area contributed by atoms with E-state index < -0.39 is 0 Å². The monoisotopic (exact) mass is 306 g/mol. The third-order valence-corrected chi connectivity index (χ3v) is 3.68. The van der Waals surface area contributed by atoms with E-state index in [0.29, 0.717) is 17.1 Å². The Labute approximate surface area is 135 Å². The van der Waals surface area contributed by atoms with Gasteiger partial charge in [0.05, 0.1) is 0 Å². The summed E-state index contributed by atoms with van der Waals surface area (Å²) in [4.78, 5) is 12.3. The minimum atomic E-state index is -0.141. The van der Waals surface area contributed by atoms with Gasteiger partial charge in [-0.05, 0) is 43.3 Å². The zero-order valence-electron chi connectivity index (χ0n) is 13.1. The Balaban J connectivity index is 1.75. The van der Waals surface area contributed by atoms with Gasteiger partial charge < -0.3 is 14.6 Å². The molecule has 116 valence electrons. The van der Waals surface area contributed by atoms with E-state index in [1.807, 2.05) is 79.2 Å². The first-order valence-electron chi connectivity index (χ1n) is 7.40. The molecule has 0 spiro atoms. The van der Waals surface area contributed by atoms with Gasteiger partial charge in [-0.3, -0.25) is 4.79 Å². The maximum absolute atomic E-state index is 12.3. The second-order valence-electron chi connectivity index (χ2n) is 5.32. The Bertz CT molecular complexity index is 822. The highest BCUT2D eigenvalue weighted by Crippen LogP contribution is 2.24. The van der Waals surface area contributed by atoms with Crippen LogP contribution in [0.4, 0.5) is 5.69 Å². The number of rotatable bonds is 4. The lowest BCUT2D eigenvalue weighted by Gasteiger charge is -2.10. The van der Waals surface area contributed by atoms with E-state index in [1.165, 1.54) is 0 Å². The van der Waals surface area contributed by atoms with Crippen molar-refractivity contribution < 1.29 is 9.53 Å². The van der Waals surface area contributed by atoms with E-state index in [4.69, 9.17) is 4.74 Å². The SMILES string of the molecule is Cc1ccc(C(=O)Nc2cccc(Oc3ccccc3)c2)n1C. The van der Waals surface area contributed by atoms with Crippen LogP contribution in [0, 0.1) is 6.92 Å². The van der Waals surface area contributed by atoms with E-state index >= 15 is 0 Å². The number of benzene rings is 2. The van der Waals surface area contributed by atoms with Crippen molar-refractivity contribution in [2.24, 2.45) is 7.05 Å². The second-order valence-corrected chi connectivity index (χ2v) is 5.32. The molecular weight excluding hydrogens is 288 g/mol. The molecule has 0 atom stereocenters. The molecule has 2 aromatic carbocycles. The third-order valence-electron chi connectivity index (χ3n) is 3.68. The highest BCUT2D eigenvalue weighted by atomic mass is 16.5. The molecule has 4 nitrogen and oxygen atoms in total. The first kappa shape index (κ1) is 14.9. The zero-order valence-corrected chi connectivity index (χ0v) is 13.1.